The zero-order valence-electron chi connectivity index (χ0n) is 16.0. The lowest BCUT2D eigenvalue weighted by atomic mass is 9.67. The number of epoxide rings is 1. The Morgan fingerprint density at radius 3 is 2.08 bits per heavy atom. The predicted molar refractivity (Wildman–Crippen MR) is 97.0 cm³/mol. The van der Waals surface area contributed by atoms with E-state index in [0.29, 0.717) is 32.0 Å². The van der Waals surface area contributed by atoms with Crippen molar-refractivity contribution in [1.82, 2.24) is 0 Å². The first-order valence-electron chi connectivity index (χ1n) is 10.8. The van der Waals surface area contributed by atoms with Gasteiger partial charge in [0.15, 0.2) is 0 Å². The van der Waals surface area contributed by atoms with Crippen LogP contribution in [-0.2, 0) is 18.0 Å². The molecule has 4 saturated carbocycles. The number of ether oxygens (including phenoxy) is 1. The lowest BCUT2D eigenvalue weighted by molar-refractivity contribution is 0.0646. The molecule has 9 atom stereocenters. The van der Waals surface area contributed by atoms with Crippen LogP contribution >= 0.6 is 0 Å². The molecule has 0 spiro atoms. The van der Waals surface area contributed by atoms with Crippen molar-refractivity contribution in [3.05, 3.63) is 0 Å². The number of hydrogen-bond donors (Lipinski definition) is 0. The third-order valence-corrected chi connectivity index (χ3v) is 11.2. The predicted octanol–water partition coefficient (Wildman–Crippen LogP) is 3.73. The summed E-state index contributed by atoms with van der Waals surface area (Å²) in [6, 6.07) is 1.00. The molecule has 1 aliphatic heterocycles. The fourth-order valence-electron chi connectivity index (χ4n) is 7.68. The van der Waals surface area contributed by atoms with Gasteiger partial charge in [-0.15, -0.1) is 0 Å². The Labute approximate surface area is 153 Å². The molecule has 5 aliphatic rings. The topological polar surface area (TPSA) is 40.2 Å². The quantitative estimate of drug-likeness (QED) is 0.354. The zero-order valence-corrected chi connectivity index (χ0v) is 17.0. The lowest BCUT2D eigenvalue weighted by Gasteiger charge is -2.38. The highest BCUT2D eigenvalue weighted by Gasteiger charge is 2.73. The maximum Gasteiger partial charge on any atom is 0.500 e. The van der Waals surface area contributed by atoms with Gasteiger partial charge in [-0.2, -0.15) is 0 Å². The van der Waals surface area contributed by atoms with E-state index >= 15 is 0 Å². The minimum Gasteiger partial charge on any atom is -0.374 e. The van der Waals surface area contributed by atoms with Crippen LogP contribution in [0.5, 0.6) is 0 Å². The summed E-state index contributed by atoms with van der Waals surface area (Å²) in [6.07, 6.45) is 7.01. The van der Waals surface area contributed by atoms with Crippen molar-refractivity contribution in [2.45, 2.75) is 64.7 Å². The van der Waals surface area contributed by atoms with E-state index < -0.39 is 8.80 Å². The highest BCUT2D eigenvalue weighted by Crippen LogP contribution is 2.73. The van der Waals surface area contributed by atoms with Gasteiger partial charge in [-0.05, 0) is 87.9 Å². The van der Waals surface area contributed by atoms with Gasteiger partial charge in [-0.25, -0.2) is 0 Å². The highest BCUT2D eigenvalue weighted by molar-refractivity contribution is 6.60. The van der Waals surface area contributed by atoms with Crippen LogP contribution < -0.4 is 0 Å². The van der Waals surface area contributed by atoms with Crippen molar-refractivity contribution in [2.24, 2.45) is 41.4 Å². The first-order valence-corrected chi connectivity index (χ1v) is 12.7. The molecule has 4 aliphatic carbocycles. The Balaban J connectivity index is 1.25. The van der Waals surface area contributed by atoms with Crippen LogP contribution in [0.1, 0.15) is 46.5 Å². The molecular formula is C20H34O4Si. The molecule has 9 unspecified atom stereocenters. The van der Waals surface area contributed by atoms with Crippen molar-refractivity contribution >= 4 is 8.80 Å². The average molecular weight is 367 g/mol. The molecule has 0 aromatic rings. The normalized spacial score (nSPS) is 48.8. The average Bonchev–Trinajstić information content (AvgIpc) is 2.93. The largest absolute Gasteiger partial charge is 0.500 e. The smallest absolute Gasteiger partial charge is 0.374 e. The third kappa shape index (κ3) is 2.53. The minimum absolute atomic E-state index is 0.662. The van der Waals surface area contributed by atoms with Crippen LogP contribution in [0.25, 0.3) is 0 Å². The second-order valence-electron chi connectivity index (χ2n) is 8.96. The molecule has 1 saturated heterocycles. The molecule has 25 heavy (non-hydrogen) atoms. The Morgan fingerprint density at radius 1 is 0.800 bits per heavy atom. The van der Waals surface area contributed by atoms with Crippen molar-refractivity contribution in [1.29, 1.82) is 0 Å². The van der Waals surface area contributed by atoms with E-state index in [1.807, 2.05) is 0 Å². The molecule has 4 bridgehead atoms. The fourth-order valence-corrected chi connectivity index (χ4v) is 10.4. The fraction of sp³-hybridized carbons (Fsp3) is 1.00. The minimum atomic E-state index is -2.47. The molecule has 0 radical (unpaired) electrons. The second kappa shape index (κ2) is 6.30. The van der Waals surface area contributed by atoms with Gasteiger partial charge in [-0.3, -0.25) is 0 Å². The molecule has 4 nitrogen and oxygen atoms in total. The Kier molecular flexibility index (Phi) is 4.33. The summed E-state index contributed by atoms with van der Waals surface area (Å²) >= 11 is 0. The van der Waals surface area contributed by atoms with E-state index in [9.17, 15) is 0 Å². The Hall–Kier alpha value is 0.0569. The molecule has 0 aromatic heterocycles. The maximum absolute atomic E-state index is 6.08. The lowest BCUT2D eigenvalue weighted by Crippen LogP contribution is -2.46. The molecule has 1 heterocycles. The van der Waals surface area contributed by atoms with Crippen LogP contribution in [0.2, 0.25) is 6.04 Å². The van der Waals surface area contributed by atoms with Gasteiger partial charge in [0, 0.05) is 25.9 Å². The number of fused-ring (bicyclic) bond motifs is 12. The number of hydrogen-bond acceptors (Lipinski definition) is 4. The van der Waals surface area contributed by atoms with Crippen molar-refractivity contribution < 1.29 is 18.0 Å². The van der Waals surface area contributed by atoms with Gasteiger partial charge in [-0.1, -0.05) is 0 Å². The molecule has 5 rings (SSSR count). The summed E-state index contributed by atoms with van der Waals surface area (Å²) < 4.78 is 24.2. The second-order valence-corrected chi connectivity index (χ2v) is 11.7. The summed E-state index contributed by atoms with van der Waals surface area (Å²) in [7, 11) is -2.47. The van der Waals surface area contributed by atoms with Crippen LogP contribution in [-0.4, -0.2) is 40.8 Å². The van der Waals surface area contributed by atoms with Crippen LogP contribution in [0.3, 0.4) is 0 Å². The van der Waals surface area contributed by atoms with E-state index in [1.54, 1.807) is 0 Å². The highest BCUT2D eigenvalue weighted by atomic mass is 28.4. The standard InChI is InChI=1S/C20H34O4Si/c1-4-21-25(22-5-2,23-6-3)8-7-12-9-13-10-14(12)18-16-11-15(17(13)18)19-20(16)24-19/h12-20H,4-11H2,1-3H3. The van der Waals surface area contributed by atoms with E-state index in [0.717, 1.165) is 47.5 Å². The van der Waals surface area contributed by atoms with Gasteiger partial charge >= 0.3 is 8.80 Å². The molecule has 0 amide bonds. The SMILES string of the molecule is CCO[Si](CCC1CC2CC1C1C3CC(C4OC34)C21)(OCC)OCC. The van der Waals surface area contributed by atoms with Crippen molar-refractivity contribution in [3.8, 4) is 0 Å². The molecule has 142 valence electrons. The van der Waals surface area contributed by atoms with Gasteiger partial charge in [0.25, 0.3) is 0 Å². The summed E-state index contributed by atoms with van der Waals surface area (Å²) in [6.45, 7) is 8.25. The van der Waals surface area contributed by atoms with Gasteiger partial charge in [0.1, 0.15) is 0 Å². The van der Waals surface area contributed by atoms with E-state index in [2.05, 4.69) is 20.8 Å². The van der Waals surface area contributed by atoms with Gasteiger partial charge in [0.05, 0.1) is 12.2 Å². The summed E-state index contributed by atoms with van der Waals surface area (Å²) in [5.41, 5.74) is 0. The molecule has 0 N–H and O–H groups in total. The van der Waals surface area contributed by atoms with Crippen molar-refractivity contribution in [3.63, 3.8) is 0 Å². The molecular weight excluding hydrogens is 332 g/mol. The Bertz CT molecular complexity index is 497. The zero-order chi connectivity index (χ0) is 17.2. The Morgan fingerprint density at radius 2 is 1.44 bits per heavy atom. The van der Waals surface area contributed by atoms with Gasteiger partial charge in [0.2, 0.25) is 0 Å². The summed E-state index contributed by atoms with van der Waals surface area (Å²) in [5.74, 6) is 6.65. The van der Waals surface area contributed by atoms with E-state index in [-0.39, 0.29) is 0 Å². The van der Waals surface area contributed by atoms with Crippen molar-refractivity contribution in [2.75, 3.05) is 19.8 Å². The van der Waals surface area contributed by atoms with Crippen LogP contribution in [0.4, 0.5) is 0 Å². The van der Waals surface area contributed by atoms with E-state index in [4.69, 9.17) is 18.0 Å². The number of rotatable bonds is 9. The van der Waals surface area contributed by atoms with Gasteiger partial charge < -0.3 is 18.0 Å². The third-order valence-electron chi connectivity index (χ3n) is 8.12. The molecule has 5 fully saturated rings. The first kappa shape index (κ1) is 17.2. The molecule has 5 heteroatoms. The summed E-state index contributed by atoms with van der Waals surface area (Å²) in [5, 5.41) is 0. The maximum atomic E-state index is 6.08. The first-order chi connectivity index (χ1) is 12.2. The van der Waals surface area contributed by atoms with Crippen LogP contribution in [0, 0.1) is 41.4 Å². The summed E-state index contributed by atoms with van der Waals surface area (Å²) in [4.78, 5) is 0. The van der Waals surface area contributed by atoms with Crippen LogP contribution in [0.15, 0.2) is 0 Å². The molecule has 0 aromatic carbocycles. The van der Waals surface area contributed by atoms with E-state index in [1.165, 1.54) is 25.7 Å². The monoisotopic (exact) mass is 366 g/mol.